The van der Waals surface area contributed by atoms with Crippen molar-refractivity contribution in [3.63, 3.8) is 0 Å². The van der Waals surface area contributed by atoms with Crippen LogP contribution in [0.15, 0.2) is 30.3 Å². The molecule has 2 aromatic heterocycles. The van der Waals surface area contributed by atoms with E-state index in [1.54, 1.807) is 7.11 Å². The molecule has 1 aromatic carbocycles. The number of hydrogen-bond donors (Lipinski definition) is 1. The average molecular weight is 522 g/mol. The van der Waals surface area contributed by atoms with Crippen LogP contribution in [0.5, 0.6) is 5.75 Å². The van der Waals surface area contributed by atoms with E-state index in [1.165, 1.54) is 0 Å². The van der Waals surface area contributed by atoms with Gasteiger partial charge in [-0.15, -0.1) is 0 Å². The minimum atomic E-state index is -0.488. The highest BCUT2D eigenvalue weighted by Crippen LogP contribution is 2.37. The Morgan fingerprint density at radius 3 is 2.58 bits per heavy atom. The number of aromatic nitrogens is 3. The molecule has 10 heteroatoms. The fourth-order valence-corrected chi connectivity index (χ4v) is 5.82. The third-order valence-corrected chi connectivity index (χ3v) is 7.86. The van der Waals surface area contributed by atoms with E-state index in [1.807, 2.05) is 24.3 Å². The first-order chi connectivity index (χ1) is 18.5. The van der Waals surface area contributed by atoms with Crippen molar-refractivity contribution in [2.24, 2.45) is 0 Å². The first kappa shape index (κ1) is 25.2. The van der Waals surface area contributed by atoms with Crippen LogP contribution in [-0.2, 0) is 20.8 Å². The summed E-state index contributed by atoms with van der Waals surface area (Å²) in [4.78, 5) is 19.7. The van der Waals surface area contributed by atoms with Gasteiger partial charge in [-0.25, -0.2) is 4.98 Å². The Balaban J connectivity index is 1.43. The largest absolute Gasteiger partial charge is 0.496 e. The van der Waals surface area contributed by atoms with Gasteiger partial charge in [-0.3, -0.25) is 0 Å². The van der Waals surface area contributed by atoms with Gasteiger partial charge in [0.05, 0.1) is 57.3 Å². The minimum Gasteiger partial charge on any atom is -0.496 e. The second-order valence-corrected chi connectivity index (χ2v) is 10.3. The number of fused-ring (bicyclic) bond motifs is 1. The maximum atomic E-state index is 9.82. The second kappa shape index (κ2) is 10.3. The van der Waals surface area contributed by atoms with Crippen LogP contribution in [0, 0.1) is 0 Å². The lowest BCUT2D eigenvalue weighted by Crippen LogP contribution is -2.51. The first-order valence-corrected chi connectivity index (χ1v) is 13.4. The lowest BCUT2D eigenvalue weighted by Gasteiger charge is -2.42. The molecular formula is C28H35N5O5. The summed E-state index contributed by atoms with van der Waals surface area (Å²) in [6.07, 6.45) is 1.53. The predicted octanol–water partition coefficient (Wildman–Crippen LogP) is 3.15. The second-order valence-electron chi connectivity index (χ2n) is 10.3. The molecule has 0 aliphatic carbocycles. The van der Waals surface area contributed by atoms with Crippen molar-refractivity contribution in [2.45, 2.75) is 51.2 Å². The number of methoxy groups -OCH3 is 1. The molecule has 0 saturated carbocycles. The van der Waals surface area contributed by atoms with Crippen LogP contribution in [-0.4, -0.2) is 84.6 Å². The minimum absolute atomic E-state index is 0.113. The van der Waals surface area contributed by atoms with E-state index < -0.39 is 5.79 Å². The quantitative estimate of drug-likeness (QED) is 0.539. The standard InChI is InChI=1S/C28H35N5O5/c1-18-15-28(37-12-13-38-28)8-9-33(18)27-30-25-22(26(31-27)32-10-11-36-17-19(32)2)5-6-23(29-25)20-4-7-24(35-3)21(14-20)16-34/h4-7,14,18-19,34H,8-13,15-17H2,1-3H3/t18-,19-/m0/s1. The molecule has 2 atom stereocenters. The molecule has 38 heavy (non-hydrogen) atoms. The smallest absolute Gasteiger partial charge is 0.229 e. The number of morpholine rings is 1. The van der Waals surface area contributed by atoms with Gasteiger partial charge in [0.15, 0.2) is 11.4 Å². The molecule has 3 fully saturated rings. The molecule has 10 nitrogen and oxygen atoms in total. The van der Waals surface area contributed by atoms with E-state index in [0.29, 0.717) is 49.3 Å². The summed E-state index contributed by atoms with van der Waals surface area (Å²) in [5, 5.41) is 10.7. The Hall–Kier alpha value is -3.05. The fourth-order valence-electron chi connectivity index (χ4n) is 5.82. The highest BCUT2D eigenvalue weighted by molar-refractivity contribution is 5.90. The Kier molecular flexibility index (Phi) is 6.81. The Labute approximate surface area is 222 Å². The lowest BCUT2D eigenvalue weighted by atomic mass is 9.97. The maximum absolute atomic E-state index is 9.82. The molecule has 3 aliphatic rings. The van der Waals surface area contributed by atoms with Crippen molar-refractivity contribution in [1.82, 2.24) is 15.0 Å². The van der Waals surface area contributed by atoms with Crippen LogP contribution in [0.1, 0.15) is 32.3 Å². The van der Waals surface area contributed by atoms with E-state index in [-0.39, 0.29) is 18.7 Å². The topological polar surface area (TPSA) is 102 Å². The monoisotopic (exact) mass is 521 g/mol. The van der Waals surface area contributed by atoms with Crippen LogP contribution in [0.2, 0.25) is 0 Å². The normalized spacial score (nSPS) is 23.4. The summed E-state index contributed by atoms with van der Waals surface area (Å²) < 4.78 is 23.1. The van der Waals surface area contributed by atoms with E-state index in [9.17, 15) is 5.11 Å². The number of nitrogens with zero attached hydrogens (tertiary/aromatic N) is 5. The molecular weight excluding hydrogens is 486 g/mol. The first-order valence-electron chi connectivity index (χ1n) is 13.4. The number of pyridine rings is 1. The maximum Gasteiger partial charge on any atom is 0.229 e. The Morgan fingerprint density at radius 2 is 1.84 bits per heavy atom. The van der Waals surface area contributed by atoms with E-state index in [4.69, 9.17) is 33.9 Å². The van der Waals surface area contributed by atoms with Crippen LogP contribution in [0.25, 0.3) is 22.3 Å². The van der Waals surface area contributed by atoms with Crippen molar-refractivity contribution >= 4 is 22.8 Å². The average Bonchev–Trinajstić information content (AvgIpc) is 3.39. The number of piperidine rings is 1. The Morgan fingerprint density at radius 1 is 1.00 bits per heavy atom. The van der Waals surface area contributed by atoms with Crippen molar-refractivity contribution in [1.29, 1.82) is 0 Å². The molecule has 3 aromatic rings. The SMILES string of the molecule is COc1ccc(-c2ccc3c(N4CCOC[C@@H]4C)nc(N4CCC5(C[C@@H]4C)OCCO5)nc3n2)cc1CO. The number of rotatable bonds is 5. The van der Waals surface area contributed by atoms with Gasteiger partial charge < -0.3 is 33.9 Å². The molecule has 202 valence electrons. The molecule has 3 aliphatic heterocycles. The van der Waals surface area contributed by atoms with Gasteiger partial charge in [-0.2, -0.15) is 9.97 Å². The fraction of sp³-hybridized carbons (Fsp3) is 0.536. The van der Waals surface area contributed by atoms with Gasteiger partial charge in [0.1, 0.15) is 11.6 Å². The van der Waals surface area contributed by atoms with Crippen molar-refractivity contribution in [3.8, 4) is 17.0 Å². The zero-order valence-corrected chi connectivity index (χ0v) is 22.2. The predicted molar refractivity (Wildman–Crippen MR) is 144 cm³/mol. The molecule has 0 radical (unpaired) electrons. The van der Waals surface area contributed by atoms with Gasteiger partial charge in [0, 0.05) is 43.1 Å². The number of ether oxygens (including phenoxy) is 4. The van der Waals surface area contributed by atoms with E-state index in [0.717, 1.165) is 48.4 Å². The molecule has 0 amide bonds. The summed E-state index contributed by atoms with van der Waals surface area (Å²) in [6, 6.07) is 10.1. The van der Waals surface area contributed by atoms with Gasteiger partial charge in [-0.05, 0) is 44.2 Å². The highest BCUT2D eigenvalue weighted by Gasteiger charge is 2.43. The van der Waals surface area contributed by atoms with Crippen LogP contribution in [0.4, 0.5) is 11.8 Å². The third-order valence-electron chi connectivity index (χ3n) is 7.86. The van der Waals surface area contributed by atoms with E-state index >= 15 is 0 Å². The Bertz CT molecular complexity index is 1310. The number of aliphatic hydroxyl groups is 1. The summed E-state index contributed by atoms with van der Waals surface area (Å²) in [5.41, 5.74) is 3.02. The summed E-state index contributed by atoms with van der Waals surface area (Å²) >= 11 is 0. The number of aliphatic hydroxyl groups excluding tert-OH is 1. The third kappa shape index (κ3) is 4.55. The molecule has 1 spiro atoms. The zero-order chi connectivity index (χ0) is 26.3. The van der Waals surface area contributed by atoms with Crippen molar-refractivity contribution in [2.75, 3.05) is 56.4 Å². The summed E-state index contributed by atoms with van der Waals surface area (Å²) in [5.74, 6) is 1.71. The van der Waals surface area contributed by atoms with Crippen molar-refractivity contribution in [3.05, 3.63) is 35.9 Å². The van der Waals surface area contributed by atoms with Gasteiger partial charge in [0.25, 0.3) is 0 Å². The molecule has 6 rings (SSSR count). The number of anilines is 2. The molecule has 5 heterocycles. The molecule has 0 bridgehead atoms. The number of benzene rings is 1. The summed E-state index contributed by atoms with van der Waals surface area (Å²) in [6.45, 7) is 8.32. The number of hydrogen-bond acceptors (Lipinski definition) is 10. The van der Waals surface area contributed by atoms with Crippen LogP contribution in [0.3, 0.4) is 0 Å². The highest BCUT2D eigenvalue weighted by atomic mass is 16.7. The van der Waals surface area contributed by atoms with E-state index in [2.05, 4.69) is 29.7 Å². The van der Waals surface area contributed by atoms with Crippen LogP contribution < -0.4 is 14.5 Å². The van der Waals surface area contributed by atoms with Gasteiger partial charge in [-0.1, -0.05) is 0 Å². The van der Waals surface area contributed by atoms with Gasteiger partial charge >= 0.3 is 0 Å². The zero-order valence-electron chi connectivity index (χ0n) is 22.2. The molecule has 0 unspecified atom stereocenters. The van der Waals surface area contributed by atoms with Crippen molar-refractivity contribution < 1.29 is 24.1 Å². The van der Waals surface area contributed by atoms with Crippen LogP contribution >= 0.6 is 0 Å². The molecule has 1 N–H and O–H groups in total. The van der Waals surface area contributed by atoms with Gasteiger partial charge in [0.2, 0.25) is 5.95 Å². The molecule has 3 saturated heterocycles. The lowest BCUT2D eigenvalue weighted by molar-refractivity contribution is -0.175. The summed E-state index contributed by atoms with van der Waals surface area (Å²) in [7, 11) is 1.60.